The summed E-state index contributed by atoms with van der Waals surface area (Å²) in [5.74, 6) is -0.0340. The van der Waals surface area contributed by atoms with Gasteiger partial charge in [-0.05, 0) is 88.7 Å². The summed E-state index contributed by atoms with van der Waals surface area (Å²) in [4.78, 5) is 24.1. The molecular formula is C24H21NO4. The molecule has 5 nitrogen and oxygen atoms in total. The van der Waals surface area contributed by atoms with E-state index in [1.165, 1.54) is 7.11 Å². The van der Waals surface area contributed by atoms with E-state index in [0.717, 1.165) is 44.7 Å². The van der Waals surface area contributed by atoms with Crippen molar-refractivity contribution in [2.24, 2.45) is 5.73 Å². The molecule has 3 aromatic carbocycles. The number of benzene rings is 3. The number of esters is 1. The highest BCUT2D eigenvalue weighted by Gasteiger charge is 2.25. The molecule has 1 aliphatic carbocycles. The van der Waals surface area contributed by atoms with Gasteiger partial charge in [0.2, 0.25) is 5.91 Å². The van der Waals surface area contributed by atoms with Gasteiger partial charge in [0.15, 0.2) is 0 Å². The molecule has 4 rings (SSSR count). The van der Waals surface area contributed by atoms with Gasteiger partial charge in [-0.25, -0.2) is 4.79 Å². The molecule has 1 aliphatic rings. The first kappa shape index (κ1) is 18.7. The van der Waals surface area contributed by atoms with Gasteiger partial charge in [-0.1, -0.05) is 12.1 Å². The summed E-state index contributed by atoms with van der Waals surface area (Å²) >= 11 is 0. The number of fused-ring (bicyclic) bond motifs is 3. The van der Waals surface area contributed by atoms with E-state index in [-0.39, 0.29) is 5.97 Å². The van der Waals surface area contributed by atoms with Crippen molar-refractivity contribution in [3.8, 4) is 28.0 Å². The molecule has 0 bridgehead atoms. The van der Waals surface area contributed by atoms with Crippen molar-refractivity contribution in [1.29, 1.82) is 0 Å². The van der Waals surface area contributed by atoms with Gasteiger partial charge in [-0.3, -0.25) is 4.79 Å². The average molecular weight is 387 g/mol. The highest BCUT2D eigenvalue weighted by Crippen LogP contribution is 2.41. The molecule has 0 spiro atoms. The van der Waals surface area contributed by atoms with Gasteiger partial charge in [0.25, 0.3) is 0 Å². The van der Waals surface area contributed by atoms with Gasteiger partial charge in [-0.2, -0.15) is 0 Å². The molecule has 0 saturated carbocycles. The Balaban J connectivity index is 1.87. The zero-order valence-electron chi connectivity index (χ0n) is 16.5. The number of nitrogens with two attached hydrogens (primary N) is 1. The lowest BCUT2D eigenvalue weighted by atomic mass is 9.93. The molecule has 146 valence electrons. The van der Waals surface area contributed by atoms with E-state index in [0.29, 0.717) is 17.5 Å². The first-order chi connectivity index (χ1) is 13.9. The molecule has 0 radical (unpaired) electrons. The second kappa shape index (κ2) is 7.09. The van der Waals surface area contributed by atoms with Gasteiger partial charge < -0.3 is 15.2 Å². The third kappa shape index (κ3) is 3.14. The van der Waals surface area contributed by atoms with Crippen LogP contribution in [0.5, 0.6) is 5.75 Å². The molecule has 0 fully saturated rings. The van der Waals surface area contributed by atoms with E-state index in [1.54, 1.807) is 13.2 Å². The topological polar surface area (TPSA) is 78.6 Å². The van der Waals surface area contributed by atoms with Crippen LogP contribution in [0.1, 0.15) is 37.4 Å². The van der Waals surface area contributed by atoms with E-state index < -0.39 is 5.91 Å². The first-order valence-corrected chi connectivity index (χ1v) is 9.26. The van der Waals surface area contributed by atoms with Gasteiger partial charge >= 0.3 is 5.97 Å². The second-order valence-electron chi connectivity index (χ2n) is 7.14. The molecule has 29 heavy (non-hydrogen) atoms. The fourth-order valence-corrected chi connectivity index (χ4v) is 3.99. The predicted molar refractivity (Wildman–Crippen MR) is 111 cm³/mol. The fourth-order valence-electron chi connectivity index (χ4n) is 3.99. The standard InChI is InChI=1S/C24H21NO4/c1-13-8-14(5-7-22(13)28-2)16-10-19-18-6-4-15(24(27)29-3)9-17(18)12-20(19)21(11-16)23(25)26/h4-11H,12H2,1-3H3,(H2,25,26). The quantitative estimate of drug-likeness (QED) is 0.534. The van der Waals surface area contributed by atoms with Crippen LogP contribution in [0.15, 0.2) is 48.5 Å². The Hall–Kier alpha value is -3.60. The lowest BCUT2D eigenvalue weighted by molar-refractivity contribution is 0.0600. The normalized spacial score (nSPS) is 11.6. The van der Waals surface area contributed by atoms with Crippen LogP contribution in [-0.2, 0) is 11.2 Å². The molecule has 1 amide bonds. The Labute approximate surface area is 169 Å². The van der Waals surface area contributed by atoms with E-state index in [9.17, 15) is 9.59 Å². The van der Waals surface area contributed by atoms with Crippen LogP contribution in [0.25, 0.3) is 22.3 Å². The number of hydrogen-bond acceptors (Lipinski definition) is 4. The van der Waals surface area contributed by atoms with Crippen LogP contribution in [0, 0.1) is 6.92 Å². The van der Waals surface area contributed by atoms with Crippen LogP contribution in [0.2, 0.25) is 0 Å². The molecule has 0 aromatic heterocycles. The maximum Gasteiger partial charge on any atom is 0.337 e. The smallest absolute Gasteiger partial charge is 0.337 e. The zero-order chi connectivity index (χ0) is 20.7. The predicted octanol–water partition coefficient (Wildman–Crippen LogP) is 4.13. The maximum atomic E-state index is 12.2. The van der Waals surface area contributed by atoms with Crippen molar-refractivity contribution in [2.45, 2.75) is 13.3 Å². The average Bonchev–Trinajstić information content (AvgIpc) is 3.09. The Kier molecular flexibility index (Phi) is 4.59. The van der Waals surface area contributed by atoms with Gasteiger partial charge in [0, 0.05) is 5.56 Å². The number of amides is 1. The largest absolute Gasteiger partial charge is 0.496 e. The van der Waals surface area contributed by atoms with Crippen LogP contribution in [0.4, 0.5) is 0 Å². The van der Waals surface area contributed by atoms with Crippen LogP contribution in [-0.4, -0.2) is 26.1 Å². The Morgan fingerprint density at radius 3 is 2.38 bits per heavy atom. The van der Waals surface area contributed by atoms with Crippen molar-refractivity contribution < 1.29 is 19.1 Å². The van der Waals surface area contributed by atoms with Crippen molar-refractivity contribution in [3.63, 3.8) is 0 Å². The fraction of sp³-hybridized carbons (Fsp3) is 0.167. The number of hydrogen-bond donors (Lipinski definition) is 1. The van der Waals surface area contributed by atoms with Crippen molar-refractivity contribution in [3.05, 3.63) is 76.3 Å². The summed E-state index contributed by atoms with van der Waals surface area (Å²) in [7, 11) is 3.00. The van der Waals surface area contributed by atoms with Crippen LogP contribution >= 0.6 is 0 Å². The van der Waals surface area contributed by atoms with E-state index >= 15 is 0 Å². The molecule has 5 heteroatoms. The SMILES string of the molecule is COC(=O)c1ccc2c(c1)Cc1c(C(N)=O)cc(-c3ccc(OC)c(C)c3)cc1-2. The number of primary amides is 1. The minimum atomic E-state index is -0.464. The molecule has 0 heterocycles. The zero-order valence-corrected chi connectivity index (χ0v) is 16.5. The highest BCUT2D eigenvalue weighted by atomic mass is 16.5. The summed E-state index contributed by atoms with van der Waals surface area (Å²) in [6.45, 7) is 1.98. The number of rotatable bonds is 4. The minimum Gasteiger partial charge on any atom is -0.496 e. The molecule has 3 aromatic rings. The van der Waals surface area contributed by atoms with Gasteiger partial charge in [-0.15, -0.1) is 0 Å². The van der Waals surface area contributed by atoms with E-state index in [1.807, 2.05) is 43.3 Å². The summed E-state index contributed by atoms with van der Waals surface area (Å²) in [5, 5.41) is 0. The molecular weight excluding hydrogens is 366 g/mol. The summed E-state index contributed by atoms with van der Waals surface area (Å²) in [6, 6.07) is 15.3. The van der Waals surface area contributed by atoms with Gasteiger partial charge in [0.05, 0.1) is 19.8 Å². The number of aryl methyl sites for hydroxylation is 1. The summed E-state index contributed by atoms with van der Waals surface area (Å²) in [5.41, 5.74) is 13.4. The maximum absolute atomic E-state index is 12.2. The number of carbonyl (C=O) groups excluding carboxylic acids is 2. The lowest BCUT2D eigenvalue weighted by Gasteiger charge is -2.12. The lowest BCUT2D eigenvalue weighted by Crippen LogP contribution is -2.13. The van der Waals surface area contributed by atoms with Crippen molar-refractivity contribution in [1.82, 2.24) is 0 Å². The monoisotopic (exact) mass is 387 g/mol. The van der Waals surface area contributed by atoms with Gasteiger partial charge in [0.1, 0.15) is 5.75 Å². The minimum absolute atomic E-state index is 0.381. The number of ether oxygens (including phenoxy) is 2. The Morgan fingerprint density at radius 2 is 1.72 bits per heavy atom. The van der Waals surface area contributed by atoms with Crippen molar-refractivity contribution in [2.75, 3.05) is 14.2 Å². The summed E-state index contributed by atoms with van der Waals surface area (Å²) < 4.78 is 10.2. The molecule has 0 unspecified atom stereocenters. The highest BCUT2D eigenvalue weighted by molar-refractivity contribution is 6.00. The molecule has 0 saturated heterocycles. The molecule has 2 N–H and O–H groups in total. The number of methoxy groups -OCH3 is 2. The third-order valence-corrected chi connectivity index (χ3v) is 5.43. The second-order valence-corrected chi connectivity index (χ2v) is 7.14. The van der Waals surface area contributed by atoms with Crippen molar-refractivity contribution >= 4 is 11.9 Å². The van der Waals surface area contributed by atoms with E-state index in [4.69, 9.17) is 15.2 Å². The third-order valence-electron chi connectivity index (χ3n) is 5.43. The summed E-state index contributed by atoms with van der Waals surface area (Å²) in [6.07, 6.45) is 0.551. The number of carbonyl (C=O) groups is 2. The molecule has 0 atom stereocenters. The van der Waals surface area contributed by atoms with E-state index in [2.05, 4.69) is 6.07 Å². The van der Waals surface area contributed by atoms with Crippen LogP contribution in [0.3, 0.4) is 0 Å². The molecule has 0 aliphatic heterocycles. The first-order valence-electron chi connectivity index (χ1n) is 9.26. The van der Waals surface area contributed by atoms with Crippen LogP contribution < -0.4 is 10.5 Å². The Morgan fingerprint density at radius 1 is 0.931 bits per heavy atom. The Bertz CT molecular complexity index is 1160.